The van der Waals surface area contributed by atoms with E-state index in [1.807, 2.05) is 17.6 Å². The van der Waals surface area contributed by atoms with E-state index in [0.717, 1.165) is 60.8 Å². The second-order valence-corrected chi connectivity index (χ2v) is 13.9. The van der Waals surface area contributed by atoms with Crippen molar-refractivity contribution < 1.29 is 18.0 Å². The normalized spacial score (nSPS) is 18.6. The maximum absolute atomic E-state index is 13.4. The molecule has 212 valence electrons. The number of anilines is 4. The molecule has 2 fully saturated rings. The molecule has 2 saturated carbocycles. The second-order valence-electron chi connectivity index (χ2n) is 11.1. The van der Waals surface area contributed by atoms with Crippen LogP contribution in [0.1, 0.15) is 64.5 Å². The Hall–Kier alpha value is -3.45. The van der Waals surface area contributed by atoms with Crippen LogP contribution >= 0.6 is 11.3 Å². The minimum absolute atomic E-state index is 0.000325. The summed E-state index contributed by atoms with van der Waals surface area (Å²) in [5.74, 6) is 1.01. The highest BCUT2D eigenvalue weighted by molar-refractivity contribution is 7.92. The van der Waals surface area contributed by atoms with E-state index < -0.39 is 10.0 Å². The molecule has 0 aliphatic heterocycles. The van der Waals surface area contributed by atoms with Crippen LogP contribution in [0.25, 0.3) is 0 Å². The highest BCUT2D eigenvalue weighted by Gasteiger charge is 2.35. The van der Waals surface area contributed by atoms with Crippen molar-refractivity contribution in [2.45, 2.75) is 57.9 Å². The van der Waals surface area contributed by atoms with Gasteiger partial charge in [0.25, 0.3) is 5.91 Å². The zero-order valence-corrected chi connectivity index (χ0v) is 24.1. The lowest BCUT2D eigenvalue weighted by Gasteiger charge is -2.25. The highest BCUT2D eigenvalue weighted by atomic mass is 32.2. The zero-order chi connectivity index (χ0) is 28.0. The van der Waals surface area contributed by atoms with Crippen molar-refractivity contribution in [2.24, 2.45) is 11.8 Å². The smallest absolute Gasteiger partial charge is 0.254 e. The van der Waals surface area contributed by atoms with Crippen LogP contribution in [0, 0.1) is 18.8 Å². The molecule has 0 bridgehead atoms. The van der Waals surface area contributed by atoms with Gasteiger partial charge in [-0.2, -0.15) is 0 Å². The average Bonchev–Trinajstić information content (AvgIpc) is 3.83. The van der Waals surface area contributed by atoms with E-state index in [0.29, 0.717) is 46.8 Å². The number of benzene rings is 1. The zero-order valence-electron chi connectivity index (χ0n) is 22.5. The van der Waals surface area contributed by atoms with Crippen molar-refractivity contribution in [3.63, 3.8) is 0 Å². The van der Waals surface area contributed by atoms with Crippen LogP contribution in [-0.4, -0.2) is 47.8 Å². The molecule has 2 amide bonds. The average molecular weight is 584 g/mol. The number of aromatic nitrogens is 3. The molecule has 11 nitrogen and oxygen atoms in total. The van der Waals surface area contributed by atoms with Gasteiger partial charge < -0.3 is 16.0 Å². The van der Waals surface area contributed by atoms with Crippen molar-refractivity contribution in [2.75, 3.05) is 28.2 Å². The van der Waals surface area contributed by atoms with Crippen LogP contribution in [0.15, 0.2) is 24.5 Å². The monoisotopic (exact) mass is 583 g/mol. The first-order valence-corrected chi connectivity index (χ1v) is 16.3. The molecule has 1 atom stereocenters. The van der Waals surface area contributed by atoms with Crippen LogP contribution < -0.4 is 20.7 Å². The molecule has 0 spiro atoms. The molecule has 1 aromatic carbocycles. The van der Waals surface area contributed by atoms with Gasteiger partial charge in [-0.25, -0.2) is 8.42 Å². The minimum atomic E-state index is -3.42. The summed E-state index contributed by atoms with van der Waals surface area (Å²) >= 11 is 1.52. The summed E-state index contributed by atoms with van der Waals surface area (Å²) < 4.78 is 28.1. The maximum Gasteiger partial charge on any atom is 0.254 e. The molecule has 3 aliphatic carbocycles. The first-order chi connectivity index (χ1) is 19.2. The number of carbonyl (C=O) groups is 2. The Morgan fingerprint density at radius 3 is 2.62 bits per heavy atom. The summed E-state index contributed by atoms with van der Waals surface area (Å²) in [6.07, 6.45) is 9.10. The Balaban J connectivity index is 1.26. The highest BCUT2D eigenvalue weighted by Crippen LogP contribution is 2.43. The number of aryl methyl sites for hydroxylation is 1. The van der Waals surface area contributed by atoms with Crippen LogP contribution in [0.5, 0.6) is 0 Å². The van der Waals surface area contributed by atoms with Gasteiger partial charge in [-0.15, -0.1) is 21.5 Å². The van der Waals surface area contributed by atoms with Gasteiger partial charge in [-0.1, -0.05) is 6.07 Å². The van der Waals surface area contributed by atoms with E-state index in [9.17, 15) is 18.0 Å². The van der Waals surface area contributed by atoms with Gasteiger partial charge in [0, 0.05) is 29.1 Å². The van der Waals surface area contributed by atoms with Crippen LogP contribution in [0.4, 0.5) is 22.3 Å². The predicted molar refractivity (Wildman–Crippen MR) is 155 cm³/mol. The molecule has 2 aromatic heterocycles. The number of thiophene rings is 1. The van der Waals surface area contributed by atoms with E-state index >= 15 is 0 Å². The number of hydrogen-bond acceptors (Lipinski definition) is 8. The van der Waals surface area contributed by atoms with Gasteiger partial charge in [0.1, 0.15) is 11.3 Å². The fraction of sp³-hybridized carbons (Fsp3) is 0.481. The number of nitrogens with one attached hydrogen (secondary N) is 4. The van der Waals surface area contributed by atoms with E-state index in [2.05, 4.69) is 30.9 Å². The lowest BCUT2D eigenvalue weighted by molar-refractivity contribution is -0.117. The number of sulfonamides is 1. The third kappa shape index (κ3) is 5.85. The largest absolute Gasteiger partial charge is 0.352 e. The molecule has 3 aromatic rings. The van der Waals surface area contributed by atoms with Crippen LogP contribution in [-0.2, 0) is 27.7 Å². The second kappa shape index (κ2) is 10.5. The standard InChI is InChI=1S/C27H33N7O4S2/c1-15-20(4-3-5-21(15)33-40(2,37)38)30-27-32-29-14-34(27)18-10-11-22-19(12-18)23(25(36)28-13-16-6-7-16)26(39-22)31-24(35)17-8-9-17/h3-5,14,16-18,33H,6-13H2,1-2H3,(H,28,36)(H,30,32)(H,31,35)/t18-/m0/s1. The third-order valence-electron chi connectivity index (χ3n) is 7.74. The number of carbonyl (C=O) groups excluding carboxylic acids is 2. The molecule has 2 heterocycles. The lowest BCUT2D eigenvalue weighted by Crippen LogP contribution is -2.28. The summed E-state index contributed by atoms with van der Waals surface area (Å²) in [7, 11) is -3.42. The summed E-state index contributed by atoms with van der Waals surface area (Å²) in [5, 5.41) is 18.6. The van der Waals surface area contributed by atoms with Gasteiger partial charge in [-0.3, -0.25) is 18.9 Å². The van der Waals surface area contributed by atoms with E-state index in [4.69, 9.17) is 0 Å². The Morgan fingerprint density at radius 1 is 1.12 bits per heavy atom. The van der Waals surface area contributed by atoms with Gasteiger partial charge in [-0.05, 0) is 81.0 Å². The summed E-state index contributed by atoms with van der Waals surface area (Å²) in [5.41, 5.74) is 3.51. The minimum Gasteiger partial charge on any atom is -0.352 e. The number of nitrogens with zero attached hydrogens (tertiary/aromatic N) is 3. The molecule has 0 saturated heterocycles. The van der Waals surface area contributed by atoms with Crippen LogP contribution in [0.3, 0.4) is 0 Å². The molecule has 13 heteroatoms. The lowest BCUT2D eigenvalue weighted by atomic mass is 9.91. The Morgan fingerprint density at radius 2 is 1.90 bits per heavy atom. The number of rotatable bonds is 10. The number of hydrogen-bond donors (Lipinski definition) is 4. The maximum atomic E-state index is 13.4. The van der Waals surface area contributed by atoms with Crippen molar-refractivity contribution in [3.05, 3.63) is 46.1 Å². The summed E-state index contributed by atoms with van der Waals surface area (Å²) in [6, 6.07) is 5.34. The number of fused-ring (bicyclic) bond motifs is 1. The third-order valence-corrected chi connectivity index (χ3v) is 9.54. The molecule has 3 aliphatic rings. The summed E-state index contributed by atoms with van der Waals surface area (Å²) in [6.45, 7) is 2.49. The SMILES string of the molecule is Cc1c(Nc2nncn2[C@H]2CCc3sc(NC(=O)C4CC4)c(C(=O)NCC4CC4)c3C2)cccc1NS(C)(=O)=O. The molecule has 40 heavy (non-hydrogen) atoms. The van der Waals surface area contributed by atoms with Crippen molar-refractivity contribution in [1.82, 2.24) is 20.1 Å². The molecule has 4 N–H and O–H groups in total. The molecule has 0 unspecified atom stereocenters. The molecule has 6 rings (SSSR count). The fourth-order valence-corrected chi connectivity index (χ4v) is 7.00. The van der Waals surface area contributed by atoms with Crippen molar-refractivity contribution >= 4 is 55.5 Å². The van der Waals surface area contributed by atoms with Crippen molar-refractivity contribution in [1.29, 1.82) is 0 Å². The van der Waals surface area contributed by atoms with Gasteiger partial charge in [0.15, 0.2) is 0 Å². The topological polar surface area (TPSA) is 147 Å². The first-order valence-electron chi connectivity index (χ1n) is 13.6. The fourth-order valence-electron chi connectivity index (χ4n) is 5.14. The van der Waals surface area contributed by atoms with E-state index in [1.165, 1.54) is 11.3 Å². The van der Waals surface area contributed by atoms with Crippen molar-refractivity contribution in [3.8, 4) is 0 Å². The predicted octanol–water partition coefficient (Wildman–Crippen LogP) is 3.98. The Labute approximate surface area is 237 Å². The first kappa shape index (κ1) is 26.8. The summed E-state index contributed by atoms with van der Waals surface area (Å²) in [4.78, 5) is 27.2. The Bertz CT molecular complexity index is 1570. The Kier molecular flexibility index (Phi) is 7.03. The van der Waals surface area contributed by atoms with Gasteiger partial charge >= 0.3 is 0 Å². The number of amides is 2. The quantitative estimate of drug-likeness (QED) is 0.282. The molecule has 0 radical (unpaired) electrons. The van der Waals surface area contributed by atoms with E-state index in [1.54, 1.807) is 18.5 Å². The van der Waals surface area contributed by atoms with Crippen LogP contribution in [0.2, 0.25) is 0 Å². The van der Waals surface area contributed by atoms with E-state index in [-0.39, 0.29) is 23.8 Å². The van der Waals surface area contributed by atoms with Gasteiger partial charge in [0.2, 0.25) is 21.9 Å². The van der Waals surface area contributed by atoms with Gasteiger partial charge in [0.05, 0.1) is 17.5 Å². The molecular weight excluding hydrogens is 550 g/mol. The molecular formula is C27H33N7O4S2.